The Morgan fingerprint density at radius 3 is 1.35 bits per heavy atom. The second kappa shape index (κ2) is 4.96. The smallest absolute Gasteiger partial charge is 0.101 e. The van der Waals surface area contributed by atoms with E-state index in [0.29, 0.717) is 22.8 Å². The van der Waals surface area contributed by atoms with Gasteiger partial charge in [-0.05, 0) is 52.0 Å². The molecule has 0 unspecified atom stereocenters. The first-order chi connectivity index (χ1) is 9.18. The van der Waals surface area contributed by atoms with Crippen LogP contribution in [0, 0.1) is 0 Å². The second-order valence-electron chi connectivity index (χ2n) is 5.93. The zero-order chi connectivity index (χ0) is 15.0. The number of pyridine rings is 2. The third-order valence-corrected chi connectivity index (χ3v) is 3.01. The van der Waals surface area contributed by atoms with Crippen molar-refractivity contribution in [2.24, 2.45) is 0 Å². The lowest BCUT2D eigenvalue weighted by molar-refractivity contribution is 0.0730. The van der Waals surface area contributed by atoms with Crippen LogP contribution in [0.5, 0.6) is 0 Å². The lowest BCUT2D eigenvalue weighted by Crippen LogP contribution is -2.18. The molecule has 0 atom stereocenters. The molecule has 2 heterocycles. The Morgan fingerprint density at radius 1 is 0.700 bits per heavy atom. The molecule has 0 fully saturated rings. The average molecular weight is 272 g/mol. The molecule has 2 rings (SSSR count). The molecule has 0 aliphatic carbocycles. The van der Waals surface area contributed by atoms with Gasteiger partial charge in [0.1, 0.15) is 11.2 Å². The topological polar surface area (TPSA) is 66.2 Å². The molecule has 0 spiro atoms. The van der Waals surface area contributed by atoms with Gasteiger partial charge in [-0.1, -0.05) is 12.1 Å². The molecule has 0 bridgehead atoms. The molecule has 2 aromatic heterocycles. The van der Waals surface area contributed by atoms with Crippen LogP contribution in [-0.4, -0.2) is 20.2 Å². The summed E-state index contributed by atoms with van der Waals surface area (Å²) in [6, 6.07) is 10.9. The highest BCUT2D eigenvalue weighted by molar-refractivity contribution is 5.54. The molecule has 0 amide bonds. The van der Waals surface area contributed by atoms with Gasteiger partial charge in [0.05, 0.1) is 22.8 Å². The van der Waals surface area contributed by atoms with Crippen LogP contribution in [0.4, 0.5) is 0 Å². The zero-order valence-electron chi connectivity index (χ0n) is 12.3. The Bertz CT molecular complexity index is 555. The minimum atomic E-state index is -0.996. The SMILES string of the molecule is CC(C)(O)c1cccc(-c2cccc(C(C)(C)O)n2)n1. The van der Waals surface area contributed by atoms with Crippen molar-refractivity contribution in [3.63, 3.8) is 0 Å². The molecule has 0 aliphatic heterocycles. The second-order valence-corrected chi connectivity index (χ2v) is 5.93. The van der Waals surface area contributed by atoms with Gasteiger partial charge in [-0.25, -0.2) is 9.97 Å². The van der Waals surface area contributed by atoms with Crippen LogP contribution < -0.4 is 0 Å². The number of hydrogen-bond donors (Lipinski definition) is 2. The van der Waals surface area contributed by atoms with Crippen molar-refractivity contribution in [2.45, 2.75) is 38.9 Å². The first kappa shape index (κ1) is 14.6. The van der Waals surface area contributed by atoms with Crippen molar-refractivity contribution >= 4 is 0 Å². The fraction of sp³-hybridized carbons (Fsp3) is 0.375. The third-order valence-electron chi connectivity index (χ3n) is 3.01. The van der Waals surface area contributed by atoms with Gasteiger partial charge in [0.15, 0.2) is 0 Å². The molecule has 106 valence electrons. The Morgan fingerprint density at radius 2 is 1.05 bits per heavy atom. The fourth-order valence-electron chi connectivity index (χ4n) is 1.84. The van der Waals surface area contributed by atoms with Crippen molar-refractivity contribution in [3.05, 3.63) is 47.8 Å². The molecular formula is C16H20N2O2. The number of nitrogens with zero attached hydrogens (tertiary/aromatic N) is 2. The van der Waals surface area contributed by atoms with Crippen molar-refractivity contribution in [1.29, 1.82) is 0 Å². The highest BCUT2D eigenvalue weighted by Crippen LogP contribution is 2.24. The predicted molar refractivity (Wildman–Crippen MR) is 78.0 cm³/mol. The summed E-state index contributed by atoms with van der Waals surface area (Å²) < 4.78 is 0. The van der Waals surface area contributed by atoms with Crippen molar-refractivity contribution in [1.82, 2.24) is 9.97 Å². The maximum absolute atomic E-state index is 10.0. The summed E-state index contributed by atoms with van der Waals surface area (Å²) >= 11 is 0. The van der Waals surface area contributed by atoms with Crippen molar-refractivity contribution in [2.75, 3.05) is 0 Å². The van der Waals surface area contributed by atoms with Gasteiger partial charge in [0.2, 0.25) is 0 Å². The van der Waals surface area contributed by atoms with E-state index >= 15 is 0 Å². The van der Waals surface area contributed by atoms with Gasteiger partial charge in [0, 0.05) is 0 Å². The summed E-state index contributed by atoms with van der Waals surface area (Å²) in [4.78, 5) is 8.89. The lowest BCUT2D eigenvalue weighted by Gasteiger charge is -2.19. The quantitative estimate of drug-likeness (QED) is 0.901. The monoisotopic (exact) mass is 272 g/mol. The van der Waals surface area contributed by atoms with Crippen LogP contribution in [0.25, 0.3) is 11.4 Å². The van der Waals surface area contributed by atoms with Crippen LogP contribution in [-0.2, 0) is 11.2 Å². The van der Waals surface area contributed by atoms with E-state index in [2.05, 4.69) is 9.97 Å². The number of hydrogen-bond acceptors (Lipinski definition) is 4. The zero-order valence-corrected chi connectivity index (χ0v) is 12.3. The Labute approximate surface area is 119 Å². The highest BCUT2D eigenvalue weighted by Gasteiger charge is 2.20. The van der Waals surface area contributed by atoms with Gasteiger partial charge in [-0.3, -0.25) is 0 Å². The molecule has 0 saturated carbocycles. The first-order valence-electron chi connectivity index (χ1n) is 6.58. The van der Waals surface area contributed by atoms with E-state index in [0.717, 1.165) is 0 Å². The van der Waals surface area contributed by atoms with Crippen LogP contribution in [0.15, 0.2) is 36.4 Å². The van der Waals surface area contributed by atoms with Gasteiger partial charge < -0.3 is 10.2 Å². The van der Waals surface area contributed by atoms with E-state index in [1.54, 1.807) is 39.8 Å². The molecule has 2 aromatic rings. The lowest BCUT2D eigenvalue weighted by atomic mass is 10.0. The van der Waals surface area contributed by atoms with Crippen LogP contribution in [0.1, 0.15) is 39.1 Å². The maximum Gasteiger partial charge on any atom is 0.101 e. The Balaban J connectivity index is 2.47. The molecule has 0 aliphatic rings. The summed E-state index contributed by atoms with van der Waals surface area (Å²) in [5, 5.41) is 20.0. The van der Waals surface area contributed by atoms with Crippen LogP contribution in [0.3, 0.4) is 0 Å². The molecular weight excluding hydrogens is 252 g/mol. The normalized spacial score (nSPS) is 12.5. The van der Waals surface area contributed by atoms with E-state index in [-0.39, 0.29) is 0 Å². The highest BCUT2D eigenvalue weighted by atomic mass is 16.3. The average Bonchev–Trinajstić information content (AvgIpc) is 2.37. The summed E-state index contributed by atoms with van der Waals surface area (Å²) in [7, 11) is 0. The first-order valence-corrected chi connectivity index (χ1v) is 6.58. The maximum atomic E-state index is 10.0. The molecule has 0 radical (unpaired) electrons. The standard InChI is InChI=1S/C16H20N2O2/c1-15(2,19)13-9-5-7-11(17-13)12-8-6-10-14(18-12)16(3,4)20/h5-10,19-20H,1-4H3. The number of aliphatic hydroxyl groups is 2. The number of rotatable bonds is 3. The van der Waals surface area contributed by atoms with Crippen molar-refractivity contribution < 1.29 is 10.2 Å². The van der Waals surface area contributed by atoms with E-state index in [4.69, 9.17) is 0 Å². The summed E-state index contributed by atoms with van der Waals surface area (Å²) in [5.41, 5.74) is 0.538. The van der Waals surface area contributed by atoms with Gasteiger partial charge in [-0.15, -0.1) is 0 Å². The Kier molecular flexibility index (Phi) is 3.63. The van der Waals surface area contributed by atoms with E-state index < -0.39 is 11.2 Å². The third kappa shape index (κ3) is 3.21. The Hall–Kier alpha value is -1.78. The van der Waals surface area contributed by atoms with Crippen LogP contribution >= 0.6 is 0 Å². The molecule has 4 heteroatoms. The largest absolute Gasteiger partial charge is 0.384 e. The van der Waals surface area contributed by atoms with Crippen LogP contribution in [0.2, 0.25) is 0 Å². The molecule has 4 nitrogen and oxygen atoms in total. The van der Waals surface area contributed by atoms with Crippen molar-refractivity contribution in [3.8, 4) is 11.4 Å². The number of aromatic nitrogens is 2. The molecule has 0 aromatic carbocycles. The minimum absolute atomic E-state index is 0.588. The minimum Gasteiger partial charge on any atom is -0.384 e. The van der Waals surface area contributed by atoms with Gasteiger partial charge in [-0.2, -0.15) is 0 Å². The molecule has 2 N–H and O–H groups in total. The predicted octanol–water partition coefficient (Wildman–Crippen LogP) is 2.60. The summed E-state index contributed by atoms with van der Waals surface area (Å²) in [6.45, 7) is 6.78. The van der Waals surface area contributed by atoms with E-state index in [9.17, 15) is 10.2 Å². The van der Waals surface area contributed by atoms with E-state index in [1.807, 2.05) is 24.3 Å². The summed E-state index contributed by atoms with van der Waals surface area (Å²) in [6.07, 6.45) is 0. The van der Waals surface area contributed by atoms with E-state index in [1.165, 1.54) is 0 Å². The molecule has 0 saturated heterocycles. The van der Waals surface area contributed by atoms with Gasteiger partial charge >= 0.3 is 0 Å². The van der Waals surface area contributed by atoms with Gasteiger partial charge in [0.25, 0.3) is 0 Å². The fourth-order valence-corrected chi connectivity index (χ4v) is 1.84. The molecule has 20 heavy (non-hydrogen) atoms. The summed E-state index contributed by atoms with van der Waals surface area (Å²) in [5.74, 6) is 0.